The molecule has 1 saturated heterocycles. The molecule has 2 amide bonds. The maximum atomic E-state index is 13.2. The van der Waals surface area contributed by atoms with Crippen molar-refractivity contribution in [3.63, 3.8) is 0 Å². The molecule has 7 nitrogen and oxygen atoms in total. The lowest BCUT2D eigenvalue weighted by Crippen LogP contribution is -2.46. The summed E-state index contributed by atoms with van der Waals surface area (Å²) in [6.45, 7) is 5.56. The van der Waals surface area contributed by atoms with Gasteiger partial charge in [-0.1, -0.05) is 24.3 Å². The van der Waals surface area contributed by atoms with E-state index in [0.29, 0.717) is 39.1 Å². The number of anilines is 1. The quantitative estimate of drug-likeness (QED) is 0.734. The average molecular weight is 463 g/mol. The molecule has 180 valence electrons. The van der Waals surface area contributed by atoms with Crippen molar-refractivity contribution < 1.29 is 14.7 Å². The van der Waals surface area contributed by atoms with Gasteiger partial charge in [-0.25, -0.2) is 0 Å². The zero-order valence-electron chi connectivity index (χ0n) is 19.9. The Morgan fingerprint density at radius 3 is 2.50 bits per heavy atom. The number of β-amino-alcohol motifs (C(OH)–C–C–N with tert-alkyl or cyclic N) is 1. The normalized spacial score (nSPS) is 20.1. The first-order valence-corrected chi connectivity index (χ1v) is 12.4. The summed E-state index contributed by atoms with van der Waals surface area (Å²) in [5, 5.41) is 10.8. The number of hydrogen-bond acceptors (Lipinski definition) is 5. The number of nitrogens with zero attached hydrogens (tertiary/aromatic N) is 4. The molecule has 0 aromatic heterocycles. The molecule has 0 saturated carbocycles. The third-order valence-electron chi connectivity index (χ3n) is 7.46. The molecule has 0 radical (unpaired) electrons. The van der Waals surface area contributed by atoms with Gasteiger partial charge in [-0.05, 0) is 47.7 Å². The van der Waals surface area contributed by atoms with E-state index in [0.717, 1.165) is 49.3 Å². The minimum absolute atomic E-state index is 0.00150. The number of hydrogen-bond donors (Lipinski definition) is 1. The minimum Gasteiger partial charge on any atom is -0.390 e. The molecule has 0 unspecified atom stereocenters. The molecule has 1 N–H and O–H groups in total. The number of carbonyl (C=O) groups excluding carboxylic acids is 2. The molecule has 3 aliphatic heterocycles. The SMILES string of the molecule is CN1CCN(c2ccc3c(c2)CCN(C[C@H](O)CN2CCc4ccccc4C2)C3=O)CCC1=O. The summed E-state index contributed by atoms with van der Waals surface area (Å²) in [7, 11) is 1.85. The number of fused-ring (bicyclic) bond motifs is 2. The van der Waals surface area contributed by atoms with Gasteiger partial charge in [-0.3, -0.25) is 14.5 Å². The minimum atomic E-state index is -0.568. The number of likely N-dealkylation sites (N-methyl/N-ethyl adjacent to an activating group) is 1. The number of carbonyl (C=O) groups is 2. The highest BCUT2D eigenvalue weighted by Gasteiger charge is 2.28. The summed E-state index contributed by atoms with van der Waals surface area (Å²) in [6, 6.07) is 14.5. The zero-order valence-corrected chi connectivity index (χ0v) is 19.9. The van der Waals surface area contributed by atoms with Crippen LogP contribution >= 0.6 is 0 Å². The number of aliphatic hydroxyl groups excluding tert-OH is 1. The van der Waals surface area contributed by atoms with Gasteiger partial charge in [-0.2, -0.15) is 0 Å². The summed E-state index contributed by atoms with van der Waals surface area (Å²) in [5.74, 6) is 0.181. The van der Waals surface area contributed by atoms with E-state index in [2.05, 4.69) is 40.1 Å². The molecule has 0 bridgehead atoms. The predicted molar refractivity (Wildman–Crippen MR) is 132 cm³/mol. The van der Waals surface area contributed by atoms with Crippen LogP contribution in [0.3, 0.4) is 0 Å². The van der Waals surface area contributed by atoms with Crippen molar-refractivity contribution in [3.8, 4) is 0 Å². The number of benzene rings is 2. The summed E-state index contributed by atoms with van der Waals surface area (Å²) < 4.78 is 0. The lowest BCUT2D eigenvalue weighted by Gasteiger charge is -2.34. The van der Waals surface area contributed by atoms with Crippen LogP contribution in [-0.4, -0.2) is 90.6 Å². The van der Waals surface area contributed by atoms with Crippen molar-refractivity contribution in [3.05, 3.63) is 64.7 Å². The fourth-order valence-corrected chi connectivity index (χ4v) is 5.40. The van der Waals surface area contributed by atoms with Crippen molar-refractivity contribution in [2.45, 2.75) is 31.9 Å². The summed E-state index contributed by atoms with van der Waals surface area (Å²) in [5.41, 5.74) is 5.60. The molecule has 2 aromatic rings. The molecule has 3 aliphatic rings. The fraction of sp³-hybridized carbons (Fsp3) is 0.481. The molecule has 7 heteroatoms. The van der Waals surface area contributed by atoms with Gasteiger partial charge in [0.2, 0.25) is 5.91 Å². The average Bonchev–Trinajstić information content (AvgIpc) is 3.01. The third kappa shape index (κ3) is 4.81. The Balaban J connectivity index is 1.19. The van der Waals surface area contributed by atoms with Crippen LogP contribution in [0.5, 0.6) is 0 Å². The van der Waals surface area contributed by atoms with E-state index in [1.807, 2.05) is 19.2 Å². The summed E-state index contributed by atoms with van der Waals surface area (Å²) >= 11 is 0. The van der Waals surface area contributed by atoms with Crippen molar-refractivity contribution in [1.29, 1.82) is 0 Å². The fourth-order valence-electron chi connectivity index (χ4n) is 5.40. The lowest BCUT2D eigenvalue weighted by atomic mass is 9.97. The topological polar surface area (TPSA) is 67.3 Å². The van der Waals surface area contributed by atoms with Gasteiger partial charge in [0.1, 0.15) is 0 Å². The van der Waals surface area contributed by atoms with Crippen LogP contribution in [0.15, 0.2) is 42.5 Å². The van der Waals surface area contributed by atoms with Crippen LogP contribution in [-0.2, 0) is 24.2 Å². The molecule has 3 heterocycles. The molecule has 34 heavy (non-hydrogen) atoms. The number of rotatable bonds is 5. The Morgan fingerprint density at radius 2 is 1.65 bits per heavy atom. The second-order valence-corrected chi connectivity index (χ2v) is 9.80. The monoisotopic (exact) mass is 462 g/mol. The van der Waals surface area contributed by atoms with Crippen molar-refractivity contribution in [2.75, 3.05) is 57.8 Å². The standard InChI is InChI=1S/C27H34N4O3/c1-28-14-15-30(13-10-26(28)33)23-6-7-25-21(16-23)9-12-31(27(25)34)19-24(32)18-29-11-8-20-4-2-3-5-22(20)17-29/h2-7,16,24,32H,8-15,17-19H2,1H3/t24-/m1/s1. The summed E-state index contributed by atoms with van der Waals surface area (Å²) in [4.78, 5) is 33.3. The Labute approximate surface area is 201 Å². The van der Waals surface area contributed by atoms with E-state index in [4.69, 9.17) is 0 Å². The highest BCUT2D eigenvalue weighted by Crippen LogP contribution is 2.26. The van der Waals surface area contributed by atoms with Crippen LogP contribution in [0.25, 0.3) is 0 Å². The Kier molecular flexibility index (Phi) is 6.57. The Hall–Kier alpha value is -2.90. The maximum absolute atomic E-state index is 13.2. The van der Waals surface area contributed by atoms with Crippen molar-refractivity contribution in [2.24, 2.45) is 0 Å². The van der Waals surface area contributed by atoms with E-state index in [-0.39, 0.29) is 11.8 Å². The summed E-state index contributed by atoms with van der Waals surface area (Å²) in [6.07, 6.45) is 1.73. The number of aliphatic hydroxyl groups is 1. The van der Waals surface area contributed by atoms with Crippen LogP contribution in [0.1, 0.15) is 33.5 Å². The van der Waals surface area contributed by atoms with Gasteiger partial charge in [0.15, 0.2) is 0 Å². The van der Waals surface area contributed by atoms with Crippen molar-refractivity contribution in [1.82, 2.24) is 14.7 Å². The van der Waals surface area contributed by atoms with E-state index < -0.39 is 6.10 Å². The van der Waals surface area contributed by atoms with Gasteiger partial charge in [0, 0.05) is 77.1 Å². The lowest BCUT2D eigenvalue weighted by molar-refractivity contribution is -0.129. The van der Waals surface area contributed by atoms with E-state index in [9.17, 15) is 14.7 Å². The second-order valence-electron chi connectivity index (χ2n) is 9.80. The van der Waals surface area contributed by atoms with Gasteiger partial charge < -0.3 is 19.8 Å². The molecular weight excluding hydrogens is 428 g/mol. The molecule has 5 rings (SSSR count). The van der Waals surface area contributed by atoms with Crippen LogP contribution < -0.4 is 4.90 Å². The molecule has 0 aliphatic carbocycles. The van der Waals surface area contributed by atoms with Gasteiger partial charge in [-0.15, -0.1) is 0 Å². The molecule has 1 fully saturated rings. The predicted octanol–water partition coefficient (Wildman–Crippen LogP) is 1.77. The molecule has 1 atom stereocenters. The Bertz CT molecular complexity index is 1070. The van der Waals surface area contributed by atoms with Gasteiger partial charge >= 0.3 is 0 Å². The molecule has 2 aromatic carbocycles. The third-order valence-corrected chi connectivity index (χ3v) is 7.46. The maximum Gasteiger partial charge on any atom is 0.254 e. The largest absolute Gasteiger partial charge is 0.390 e. The highest BCUT2D eigenvalue weighted by molar-refractivity contribution is 5.97. The first kappa shape index (κ1) is 22.9. The van der Waals surface area contributed by atoms with E-state index in [1.54, 1.807) is 9.80 Å². The van der Waals surface area contributed by atoms with Crippen LogP contribution in [0.2, 0.25) is 0 Å². The van der Waals surface area contributed by atoms with Gasteiger partial charge in [0.25, 0.3) is 5.91 Å². The Morgan fingerprint density at radius 1 is 0.853 bits per heavy atom. The first-order valence-electron chi connectivity index (χ1n) is 12.4. The molecule has 0 spiro atoms. The van der Waals surface area contributed by atoms with Gasteiger partial charge in [0.05, 0.1) is 6.10 Å². The zero-order chi connectivity index (χ0) is 23.7. The second kappa shape index (κ2) is 9.76. The van der Waals surface area contributed by atoms with Crippen LogP contribution in [0.4, 0.5) is 5.69 Å². The van der Waals surface area contributed by atoms with E-state index >= 15 is 0 Å². The first-order chi connectivity index (χ1) is 16.5. The van der Waals surface area contributed by atoms with Crippen molar-refractivity contribution >= 4 is 17.5 Å². The van der Waals surface area contributed by atoms with E-state index in [1.165, 1.54) is 11.1 Å². The highest BCUT2D eigenvalue weighted by atomic mass is 16.3. The smallest absolute Gasteiger partial charge is 0.254 e. The van der Waals surface area contributed by atoms with Crippen LogP contribution in [0, 0.1) is 0 Å². The molecular formula is C27H34N4O3. The number of amides is 2.